The molecule has 0 amide bonds. The van der Waals surface area contributed by atoms with Crippen molar-refractivity contribution in [3.8, 4) is 0 Å². The van der Waals surface area contributed by atoms with Gasteiger partial charge in [-0.25, -0.2) is 4.39 Å². The minimum absolute atomic E-state index is 0.0914. The first-order chi connectivity index (χ1) is 7.71. The maximum absolute atomic E-state index is 13.1. The molecule has 1 aromatic carbocycles. The van der Waals surface area contributed by atoms with Gasteiger partial charge in [0, 0.05) is 10.6 Å². The molecule has 1 aromatic rings. The second-order valence-electron chi connectivity index (χ2n) is 4.76. The smallest absolute Gasteiger partial charge is 0.114 e. The molecule has 0 radical (unpaired) electrons. The van der Waals surface area contributed by atoms with Crippen molar-refractivity contribution in [2.45, 2.75) is 43.6 Å². The van der Waals surface area contributed by atoms with Gasteiger partial charge in [-0.05, 0) is 31.7 Å². The van der Waals surface area contributed by atoms with E-state index in [0.29, 0.717) is 12.8 Å². The molecule has 1 heterocycles. The number of rotatable bonds is 1. The first kappa shape index (κ1) is 10.5. The average Bonchev–Trinajstić information content (AvgIpc) is 2.98. The van der Waals surface area contributed by atoms with Gasteiger partial charge < -0.3 is 4.74 Å². The largest absolute Gasteiger partial charge is 0.361 e. The van der Waals surface area contributed by atoms with Crippen molar-refractivity contribution < 1.29 is 9.13 Å². The standard InChI is InChI=1S/C13H14ClFO/c14-11-4-2-1-3-10(11)12-13(16-12)7-5-9(15)6-8-13/h1-4,9,12H,5-8H2. The van der Waals surface area contributed by atoms with Crippen LogP contribution in [0.1, 0.15) is 37.4 Å². The Morgan fingerprint density at radius 1 is 1.25 bits per heavy atom. The quantitative estimate of drug-likeness (QED) is 0.675. The summed E-state index contributed by atoms with van der Waals surface area (Å²) in [6, 6.07) is 7.77. The van der Waals surface area contributed by atoms with E-state index in [4.69, 9.17) is 16.3 Å². The summed E-state index contributed by atoms with van der Waals surface area (Å²) in [7, 11) is 0. The third-order valence-corrected chi connectivity index (χ3v) is 4.07. The minimum Gasteiger partial charge on any atom is -0.361 e. The summed E-state index contributed by atoms with van der Waals surface area (Å²) in [6.45, 7) is 0. The van der Waals surface area contributed by atoms with Crippen LogP contribution in [0.2, 0.25) is 5.02 Å². The first-order valence-electron chi connectivity index (χ1n) is 5.78. The molecule has 1 spiro atoms. The first-order valence-corrected chi connectivity index (χ1v) is 6.15. The van der Waals surface area contributed by atoms with Crippen LogP contribution in [0.5, 0.6) is 0 Å². The van der Waals surface area contributed by atoms with E-state index >= 15 is 0 Å². The third kappa shape index (κ3) is 1.64. The molecule has 1 aliphatic carbocycles. The average molecular weight is 241 g/mol. The molecule has 1 saturated carbocycles. The maximum Gasteiger partial charge on any atom is 0.114 e. The number of benzene rings is 1. The van der Waals surface area contributed by atoms with Gasteiger partial charge >= 0.3 is 0 Å². The van der Waals surface area contributed by atoms with E-state index in [9.17, 15) is 4.39 Å². The molecular weight excluding hydrogens is 227 g/mol. The molecule has 0 aromatic heterocycles. The number of alkyl halides is 1. The van der Waals surface area contributed by atoms with E-state index in [1.54, 1.807) is 0 Å². The van der Waals surface area contributed by atoms with Crippen molar-refractivity contribution in [1.82, 2.24) is 0 Å². The highest BCUT2D eigenvalue weighted by atomic mass is 35.5. The van der Waals surface area contributed by atoms with Gasteiger partial charge in [0.2, 0.25) is 0 Å². The van der Waals surface area contributed by atoms with Gasteiger partial charge in [0.25, 0.3) is 0 Å². The Bertz CT molecular complexity index is 399. The van der Waals surface area contributed by atoms with Crippen LogP contribution in [-0.2, 0) is 4.74 Å². The Kier molecular flexibility index (Phi) is 2.45. The summed E-state index contributed by atoms with van der Waals surface area (Å²) >= 11 is 6.14. The van der Waals surface area contributed by atoms with Crippen molar-refractivity contribution in [2.75, 3.05) is 0 Å². The Morgan fingerprint density at radius 2 is 1.94 bits per heavy atom. The fourth-order valence-electron chi connectivity index (χ4n) is 2.69. The number of epoxide rings is 1. The van der Waals surface area contributed by atoms with Crippen LogP contribution in [0.15, 0.2) is 24.3 Å². The second kappa shape index (κ2) is 3.71. The van der Waals surface area contributed by atoms with E-state index in [2.05, 4.69) is 0 Å². The summed E-state index contributed by atoms with van der Waals surface area (Å²) in [5.74, 6) is 0. The number of ether oxygens (including phenoxy) is 1. The Balaban J connectivity index is 1.78. The SMILES string of the molecule is FC1CCC2(CC1)OC2c1ccccc1Cl. The molecule has 3 rings (SSSR count). The zero-order valence-electron chi connectivity index (χ0n) is 8.96. The second-order valence-corrected chi connectivity index (χ2v) is 5.17. The molecule has 2 aliphatic rings. The minimum atomic E-state index is -0.637. The summed E-state index contributed by atoms with van der Waals surface area (Å²) < 4.78 is 18.9. The molecule has 2 fully saturated rings. The number of hydrogen-bond donors (Lipinski definition) is 0. The third-order valence-electron chi connectivity index (χ3n) is 3.72. The van der Waals surface area contributed by atoms with Gasteiger partial charge in [0.1, 0.15) is 12.3 Å². The van der Waals surface area contributed by atoms with Crippen molar-refractivity contribution in [2.24, 2.45) is 0 Å². The number of hydrogen-bond acceptors (Lipinski definition) is 1. The summed E-state index contributed by atoms with van der Waals surface area (Å²) in [4.78, 5) is 0. The molecule has 1 aliphatic heterocycles. The van der Waals surface area contributed by atoms with Gasteiger partial charge in [0.05, 0.1) is 5.60 Å². The molecule has 86 valence electrons. The van der Waals surface area contributed by atoms with E-state index in [1.807, 2.05) is 24.3 Å². The molecule has 0 N–H and O–H groups in total. The number of halogens is 2. The van der Waals surface area contributed by atoms with Crippen LogP contribution in [-0.4, -0.2) is 11.8 Å². The fourth-order valence-corrected chi connectivity index (χ4v) is 2.92. The van der Waals surface area contributed by atoms with E-state index < -0.39 is 6.17 Å². The van der Waals surface area contributed by atoms with Crippen LogP contribution < -0.4 is 0 Å². The predicted octanol–water partition coefficient (Wildman–Crippen LogP) is 4.06. The highest BCUT2D eigenvalue weighted by Crippen LogP contribution is 2.58. The van der Waals surface area contributed by atoms with Gasteiger partial charge in [0.15, 0.2) is 0 Å². The van der Waals surface area contributed by atoms with Crippen molar-refractivity contribution in [3.05, 3.63) is 34.9 Å². The topological polar surface area (TPSA) is 12.5 Å². The van der Waals surface area contributed by atoms with Crippen molar-refractivity contribution in [3.63, 3.8) is 0 Å². The lowest BCUT2D eigenvalue weighted by Gasteiger charge is -2.21. The van der Waals surface area contributed by atoms with Crippen LogP contribution in [0.3, 0.4) is 0 Å². The van der Waals surface area contributed by atoms with Crippen molar-refractivity contribution in [1.29, 1.82) is 0 Å². The van der Waals surface area contributed by atoms with Gasteiger partial charge in [-0.15, -0.1) is 0 Å². The van der Waals surface area contributed by atoms with E-state index in [0.717, 1.165) is 23.4 Å². The Labute approximate surface area is 99.6 Å². The monoisotopic (exact) mass is 240 g/mol. The van der Waals surface area contributed by atoms with Gasteiger partial charge in [-0.3, -0.25) is 0 Å². The molecule has 3 heteroatoms. The molecule has 1 saturated heterocycles. The summed E-state index contributed by atoms with van der Waals surface area (Å²) in [6.07, 6.45) is 2.35. The molecule has 1 atom stereocenters. The van der Waals surface area contributed by atoms with Crippen LogP contribution in [0.4, 0.5) is 4.39 Å². The molecule has 1 unspecified atom stereocenters. The van der Waals surface area contributed by atoms with Crippen molar-refractivity contribution >= 4 is 11.6 Å². The predicted molar refractivity (Wildman–Crippen MR) is 61.4 cm³/mol. The summed E-state index contributed by atoms with van der Waals surface area (Å²) in [5.41, 5.74) is 0.953. The van der Waals surface area contributed by atoms with Gasteiger partial charge in [-0.1, -0.05) is 29.8 Å². The Morgan fingerprint density at radius 3 is 2.62 bits per heavy atom. The lowest BCUT2D eigenvalue weighted by molar-refractivity contribution is 0.164. The van der Waals surface area contributed by atoms with E-state index in [-0.39, 0.29) is 11.7 Å². The van der Waals surface area contributed by atoms with Gasteiger partial charge in [-0.2, -0.15) is 0 Å². The molecular formula is C13H14ClFO. The zero-order valence-corrected chi connectivity index (χ0v) is 9.71. The zero-order chi connectivity index (χ0) is 11.2. The highest BCUT2D eigenvalue weighted by Gasteiger charge is 2.58. The fraction of sp³-hybridized carbons (Fsp3) is 0.538. The van der Waals surface area contributed by atoms with Crippen LogP contribution >= 0.6 is 11.6 Å². The molecule has 0 bridgehead atoms. The van der Waals surface area contributed by atoms with Crippen LogP contribution in [0, 0.1) is 0 Å². The summed E-state index contributed by atoms with van der Waals surface area (Å²) in [5, 5.41) is 0.756. The normalized spacial score (nSPS) is 37.6. The molecule has 1 nitrogen and oxygen atoms in total. The lowest BCUT2D eigenvalue weighted by atomic mass is 9.83. The van der Waals surface area contributed by atoms with E-state index in [1.165, 1.54) is 0 Å². The molecule has 16 heavy (non-hydrogen) atoms. The van der Waals surface area contributed by atoms with Crippen LogP contribution in [0.25, 0.3) is 0 Å². The maximum atomic E-state index is 13.1. The highest BCUT2D eigenvalue weighted by molar-refractivity contribution is 6.31. The Hall–Kier alpha value is -0.600. The lowest BCUT2D eigenvalue weighted by Crippen LogP contribution is -2.22.